The third-order valence-electron chi connectivity index (χ3n) is 3.94. The van der Waals surface area contributed by atoms with E-state index >= 15 is 0 Å². The van der Waals surface area contributed by atoms with Crippen LogP contribution in [-0.2, 0) is 10.0 Å². The predicted octanol–water partition coefficient (Wildman–Crippen LogP) is 2.82. The van der Waals surface area contributed by atoms with Crippen molar-refractivity contribution >= 4 is 27.3 Å². The van der Waals surface area contributed by atoms with Crippen molar-refractivity contribution in [3.8, 4) is 0 Å². The third-order valence-corrected chi connectivity index (χ3v) is 5.75. The van der Waals surface area contributed by atoms with Crippen molar-refractivity contribution in [3.05, 3.63) is 53.6 Å². The van der Waals surface area contributed by atoms with E-state index in [2.05, 4.69) is 9.71 Å². The van der Waals surface area contributed by atoms with Crippen molar-refractivity contribution < 1.29 is 12.8 Å². The quantitative estimate of drug-likeness (QED) is 0.900. The van der Waals surface area contributed by atoms with Crippen LogP contribution >= 0.6 is 11.6 Å². The molecule has 1 N–H and O–H groups in total. The molecule has 8 heteroatoms. The van der Waals surface area contributed by atoms with Crippen LogP contribution in [0.4, 0.5) is 10.1 Å². The van der Waals surface area contributed by atoms with E-state index in [9.17, 15) is 12.8 Å². The minimum absolute atomic E-state index is 0.0680. The highest BCUT2D eigenvalue weighted by molar-refractivity contribution is 7.89. The number of pyridine rings is 1. The van der Waals surface area contributed by atoms with Crippen LogP contribution in [0.5, 0.6) is 0 Å². The maximum Gasteiger partial charge on any atom is 0.240 e. The Kier molecular flexibility index (Phi) is 5.03. The van der Waals surface area contributed by atoms with E-state index < -0.39 is 15.8 Å². The van der Waals surface area contributed by atoms with Gasteiger partial charge >= 0.3 is 0 Å². The van der Waals surface area contributed by atoms with Crippen LogP contribution in [0.3, 0.4) is 0 Å². The smallest absolute Gasteiger partial charge is 0.240 e. The van der Waals surface area contributed by atoms with E-state index in [1.54, 1.807) is 12.4 Å². The Morgan fingerprint density at radius 1 is 1.33 bits per heavy atom. The molecule has 1 aliphatic heterocycles. The van der Waals surface area contributed by atoms with Gasteiger partial charge in [0.25, 0.3) is 0 Å². The van der Waals surface area contributed by atoms with Crippen LogP contribution in [0.25, 0.3) is 0 Å². The second-order valence-corrected chi connectivity index (χ2v) is 7.81. The van der Waals surface area contributed by atoms with Gasteiger partial charge in [0, 0.05) is 31.5 Å². The van der Waals surface area contributed by atoms with Gasteiger partial charge < -0.3 is 4.90 Å². The molecule has 5 nitrogen and oxygen atoms in total. The van der Waals surface area contributed by atoms with Crippen molar-refractivity contribution in [3.63, 3.8) is 0 Å². The summed E-state index contributed by atoms with van der Waals surface area (Å²) in [4.78, 5) is 5.93. The van der Waals surface area contributed by atoms with Gasteiger partial charge in [0.2, 0.25) is 10.0 Å². The number of halogens is 2. The van der Waals surface area contributed by atoms with Crippen LogP contribution < -0.4 is 9.62 Å². The summed E-state index contributed by atoms with van der Waals surface area (Å²) in [5.74, 6) is -0.577. The fraction of sp³-hybridized carbons (Fsp3) is 0.312. The van der Waals surface area contributed by atoms with Gasteiger partial charge in [-0.25, -0.2) is 17.5 Å². The average molecular weight is 370 g/mol. The zero-order chi connectivity index (χ0) is 17.2. The first-order chi connectivity index (χ1) is 11.5. The van der Waals surface area contributed by atoms with Gasteiger partial charge in [-0.15, -0.1) is 0 Å². The fourth-order valence-corrected chi connectivity index (χ4v) is 4.37. The molecule has 2 aromatic rings. The number of nitrogens with zero attached hydrogens (tertiary/aromatic N) is 2. The molecule has 0 spiro atoms. The number of sulfonamides is 1. The second kappa shape index (κ2) is 7.04. The summed E-state index contributed by atoms with van der Waals surface area (Å²) in [5.41, 5.74) is 0.835. The molecule has 0 bridgehead atoms. The highest BCUT2D eigenvalue weighted by atomic mass is 35.5. The van der Waals surface area contributed by atoms with Gasteiger partial charge in [-0.3, -0.25) is 4.98 Å². The number of hydrogen-bond acceptors (Lipinski definition) is 4. The monoisotopic (exact) mass is 369 g/mol. The summed E-state index contributed by atoms with van der Waals surface area (Å²) < 4.78 is 40.8. The maximum atomic E-state index is 13.3. The molecule has 128 valence electrons. The molecule has 0 saturated carbocycles. The van der Waals surface area contributed by atoms with Crippen molar-refractivity contribution in [2.24, 2.45) is 0 Å². The Balaban J connectivity index is 1.75. The molecule has 1 atom stereocenters. The van der Waals surface area contributed by atoms with Crippen LogP contribution in [0.15, 0.2) is 47.6 Å². The predicted molar refractivity (Wildman–Crippen MR) is 91.2 cm³/mol. The average Bonchev–Trinajstić information content (AvgIpc) is 2.55. The van der Waals surface area contributed by atoms with E-state index in [1.165, 1.54) is 18.2 Å². The maximum absolute atomic E-state index is 13.3. The first-order valence-electron chi connectivity index (χ1n) is 7.58. The SMILES string of the molecule is O=S(=O)(NC1CCCN(c2ccncc2Cl)C1)c1cccc(F)c1. The Bertz CT molecular complexity index is 832. The number of nitrogens with one attached hydrogen (secondary N) is 1. The molecule has 0 aliphatic carbocycles. The fourth-order valence-electron chi connectivity index (χ4n) is 2.84. The minimum Gasteiger partial charge on any atom is -0.369 e. The molecular weight excluding hydrogens is 353 g/mol. The molecule has 1 aromatic heterocycles. The Labute approximate surface area is 145 Å². The van der Waals surface area contributed by atoms with Crippen LogP contribution in [0.2, 0.25) is 5.02 Å². The summed E-state index contributed by atoms with van der Waals surface area (Å²) >= 11 is 6.17. The van der Waals surface area contributed by atoms with Gasteiger partial charge in [-0.05, 0) is 37.1 Å². The summed E-state index contributed by atoms with van der Waals surface area (Å²) in [5, 5.41) is 0.533. The summed E-state index contributed by atoms with van der Waals surface area (Å²) in [7, 11) is -3.76. The topological polar surface area (TPSA) is 62.3 Å². The molecule has 1 unspecified atom stereocenters. The summed E-state index contributed by atoms with van der Waals surface area (Å²) in [6.45, 7) is 1.29. The van der Waals surface area contributed by atoms with E-state index in [0.29, 0.717) is 18.0 Å². The van der Waals surface area contributed by atoms with E-state index in [1.807, 2.05) is 11.0 Å². The first-order valence-corrected chi connectivity index (χ1v) is 9.44. The van der Waals surface area contributed by atoms with Crippen molar-refractivity contribution in [2.75, 3.05) is 18.0 Å². The molecule has 1 aliphatic rings. The summed E-state index contributed by atoms with van der Waals surface area (Å²) in [6, 6.07) is 6.54. The number of piperidine rings is 1. The molecule has 1 saturated heterocycles. The van der Waals surface area contributed by atoms with Gasteiger partial charge in [-0.1, -0.05) is 17.7 Å². The third kappa shape index (κ3) is 3.85. The highest BCUT2D eigenvalue weighted by Crippen LogP contribution is 2.27. The number of benzene rings is 1. The Morgan fingerprint density at radius 3 is 2.92 bits per heavy atom. The zero-order valence-corrected chi connectivity index (χ0v) is 14.4. The Morgan fingerprint density at radius 2 is 2.17 bits per heavy atom. The molecule has 3 rings (SSSR count). The molecular formula is C16H17ClFN3O2S. The normalized spacial score (nSPS) is 18.6. The van der Waals surface area contributed by atoms with Gasteiger partial charge in [0.05, 0.1) is 15.6 Å². The number of anilines is 1. The largest absolute Gasteiger partial charge is 0.369 e. The van der Waals surface area contributed by atoms with Crippen LogP contribution in [0.1, 0.15) is 12.8 Å². The van der Waals surface area contributed by atoms with Crippen molar-refractivity contribution in [2.45, 2.75) is 23.8 Å². The summed E-state index contributed by atoms with van der Waals surface area (Å²) in [6.07, 6.45) is 4.77. The number of hydrogen-bond donors (Lipinski definition) is 1. The molecule has 24 heavy (non-hydrogen) atoms. The lowest BCUT2D eigenvalue weighted by Gasteiger charge is -2.35. The Hall–Kier alpha value is -1.70. The van der Waals surface area contributed by atoms with Crippen LogP contribution in [0, 0.1) is 5.82 Å². The molecule has 0 amide bonds. The molecule has 1 fully saturated rings. The lowest BCUT2D eigenvalue weighted by atomic mass is 10.1. The second-order valence-electron chi connectivity index (χ2n) is 5.69. The van der Waals surface area contributed by atoms with E-state index in [0.717, 1.165) is 24.7 Å². The minimum atomic E-state index is -3.76. The highest BCUT2D eigenvalue weighted by Gasteiger charge is 2.26. The van der Waals surface area contributed by atoms with Crippen molar-refractivity contribution in [1.29, 1.82) is 0 Å². The zero-order valence-electron chi connectivity index (χ0n) is 12.8. The van der Waals surface area contributed by atoms with Gasteiger partial charge in [0.15, 0.2) is 0 Å². The lowest BCUT2D eigenvalue weighted by Crippen LogP contribution is -2.47. The molecule has 0 radical (unpaired) electrons. The molecule has 1 aromatic carbocycles. The van der Waals surface area contributed by atoms with E-state index in [4.69, 9.17) is 11.6 Å². The standard InChI is InChI=1S/C16H17ClFN3O2S/c17-15-10-19-7-6-16(15)21-8-2-4-13(11-21)20-24(22,23)14-5-1-3-12(18)9-14/h1,3,5-7,9-10,13,20H,2,4,8,11H2. The van der Waals surface area contributed by atoms with Crippen LogP contribution in [-0.4, -0.2) is 32.5 Å². The van der Waals surface area contributed by atoms with Crippen molar-refractivity contribution in [1.82, 2.24) is 9.71 Å². The molecule has 2 heterocycles. The van der Waals surface area contributed by atoms with Gasteiger partial charge in [-0.2, -0.15) is 0 Å². The first kappa shape index (κ1) is 17.1. The van der Waals surface area contributed by atoms with Gasteiger partial charge in [0.1, 0.15) is 5.82 Å². The van der Waals surface area contributed by atoms with E-state index in [-0.39, 0.29) is 10.9 Å². The number of aromatic nitrogens is 1. The number of rotatable bonds is 4. The lowest BCUT2D eigenvalue weighted by molar-refractivity contribution is 0.465.